The first-order valence-electron chi connectivity index (χ1n) is 13.1. The Kier molecular flexibility index (Phi) is 7.76. The van der Waals surface area contributed by atoms with Gasteiger partial charge in [0, 0.05) is 23.8 Å². The molecule has 2 heterocycles. The molecule has 1 saturated heterocycles. The molecule has 2 aliphatic rings. The minimum Gasteiger partial charge on any atom is -0.376 e. The highest BCUT2D eigenvalue weighted by molar-refractivity contribution is 7.99. The molecule has 0 unspecified atom stereocenters. The van der Waals surface area contributed by atoms with Gasteiger partial charge in [-0.05, 0) is 63.3 Å². The number of ketones is 1. The summed E-state index contributed by atoms with van der Waals surface area (Å²) in [5.74, 6) is 0.0125. The van der Waals surface area contributed by atoms with Crippen molar-refractivity contribution in [3.8, 4) is 0 Å². The molecule has 37 heavy (non-hydrogen) atoms. The number of nitrogens with zero attached hydrogens (tertiary/aromatic N) is 2. The highest BCUT2D eigenvalue weighted by Gasteiger charge is 2.23. The summed E-state index contributed by atoms with van der Waals surface area (Å²) in [6.45, 7) is 5.02. The van der Waals surface area contributed by atoms with E-state index in [-0.39, 0.29) is 35.1 Å². The Labute approximate surface area is 221 Å². The molecule has 1 saturated carbocycles. The lowest BCUT2D eigenvalue weighted by molar-refractivity contribution is 0.0935. The van der Waals surface area contributed by atoms with Crippen molar-refractivity contribution in [2.24, 2.45) is 0 Å². The first-order valence-corrected chi connectivity index (χ1v) is 14.1. The van der Waals surface area contributed by atoms with E-state index in [9.17, 15) is 14.4 Å². The number of fused-ring (bicyclic) bond motifs is 1. The van der Waals surface area contributed by atoms with Gasteiger partial charge in [0.2, 0.25) is 0 Å². The van der Waals surface area contributed by atoms with Crippen LogP contribution in [0.25, 0.3) is 10.9 Å². The molecule has 3 aromatic rings. The number of carbonyl (C=O) groups is 2. The lowest BCUT2D eigenvalue weighted by Gasteiger charge is -2.17. The topological polar surface area (TPSA) is 90.3 Å². The van der Waals surface area contributed by atoms with Crippen LogP contribution in [-0.4, -0.2) is 45.7 Å². The summed E-state index contributed by atoms with van der Waals surface area (Å²) in [5.41, 5.74) is 3.50. The maximum Gasteiger partial charge on any atom is 0.262 e. The molecule has 0 spiro atoms. The van der Waals surface area contributed by atoms with E-state index in [1.54, 1.807) is 22.8 Å². The SMILES string of the molecule is Cc1ccc(C(=O)CSc2nc3cc(C(=O)NC4CCCC4)ccc3c(=O)n2C[C@H]2CCCO2)c(C)c1. The van der Waals surface area contributed by atoms with Crippen molar-refractivity contribution in [3.63, 3.8) is 0 Å². The second kappa shape index (κ2) is 11.2. The molecule has 0 bridgehead atoms. The van der Waals surface area contributed by atoms with Gasteiger partial charge in [0.1, 0.15) is 0 Å². The van der Waals surface area contributed by atoms with Crippen LogP contribution in [0.5, 0.6) is 0 Å². The number of thioether (sulfide) groups is 1. The Morgan fingerprint density at radius 3 is 2.62 bits per heavy atom. The van der Waals surface area contributed by atoms with Gasteiger partial charge >= 0.3 is 0 Å². The molecular weight excluding hydrogens is 486 g/mol. The maximum atomic E-state index is 13.6. The smallest absolute Gasteiger partial charge is 0.262 e. The Hall–Kier alpha value is -2.97. The van der Waals surface area contributed by atoms with E-state index >= 15 is 0 Å². The van der Waals surface area contributed by atoms with Crippen LogP contribution >= 0.6 is 11.8 Å². The third-order valence-electron chi connectivity index (χ3n) is 7.30. The van der Waals surface area contributed by atoms with Crippen LogP contribution in [0.2, 0.25) is 0 Å². The van der Waals surface area contributed by atoms with Crippen molar-refractivity contribution in [2.75, 3.05) is 12.4 Å². The predicted molar refractivity (Wildman–Crippen MR) is 146 cm³/mol. The second-order valence-corrected chi connectivity index (χ2v) is 11.1. The summed E-state index contributed by atoms with van der Waals surface area (Å²) in [6, 6.07) is 11.1. The summed E-state index contributed by atoms with van der Waals surface area (Å²) in [6.07, 6.45) is 6.07. The molecular formula is C29H33N3O4S. The number of Topliss-reactive ketones (excluding diaryl/α,β-unsaturated/α-hetero) is 1. The Balaban J connectivity index is 1.45. The summed E-state index contributed by atoms with van der Waals surface area (Å²) < 4.78 is 7.43. The zero-order chi connectivity index (χ0) is 25.9. The van der Waals surface area contributed by atoms with E-state index < -0.39 is 0 Å². The molecule has 1 aromatic heterocycles. The van der Waals surface area contributed by atoms with Gasteiger partial charge in [-0.1, -0.05) is 48.4 Å². The fraction of sp³-hybridized carbons (Fsp3) is 0.448. The zero-order valence-electron chi connectivity index (χ0n) is 21.4. The first-order chi connectivity index (χ1) is 17.9. The highest BCUT2D eigenvalue weighted by atomic mass is 32.2. The first kappa shape index (κ1) is 25.7. The normalized spacial score (nSPS) is 17.9. The van der Waals surface area contributed by atoms with Crippen molar-refractivity contribution in [2.45, 2.75) is 76.2 Å². The summed E-state index contributed by atoms with van der Waals surface area (Å²) in [5, 5.41) is 4.03. The van der Waals surface area contributed by atoms with Crippen molar-refractivity contribution < 1.29 is 14.3 Å². The minimum atomic E-state index is -0.176. The number of ether oxygens (including phenoxy) is 1. The maximum absolute atomic E-state index is 13.6. The number of nitrogens with one attached hydrogen (secondary N) is 1. The monoisotopic (exact) mass is 519 g/mol. The quantitative estimate of drug-likeness (QED) is 0.260. The van der Waals surface area contributed by atoms with Gasteiger partial charge in [-0.2, -0.15) is 0 Å². The lowest BCUT2D eigenvalue weighted by atomic mass is 10.0. The molecule has 1 aliphatic carbocycles. The molecule has 194 valence electrons. The predicted octanol–water partition coefficient (Wildman–Crippen LogP) is 4.84. The van der Waals surface area contributed by atoms with Crippen LogP contribution < -0.4 is 10.9 Å². The zero-order valence-corrected chi connectivity index (χ0v) is 22.2. The minimum absolute atomic E-state index is 0.00907. The number of rotatable bonds is 8. The fourth-order valence-corrected chi connectivity index (χ4v) is 6.17. The van der Waals surface area contributed by atoms with Gasteiger partial charge in [-0.25, -0.2) is 4.98 Å². The Morgan fingerprint density at radius 2 is 1.89 bits per heavy atom. The van der Waals surface area contributed by atoms with E-state index in [0.29, 0.717) is 40.3 Å². The van der Waals surface area contributed by atoms with Crippen LogP contribution in [0, 0.1) is 13.8 Å². The fourth-order valence-electron chi connectivity index (χ4n) is 5.28. The molecule has 2 fully saturated rings. The van der Waals surface area contributed by atoms with E-state index in [1.807, 2.05) is 32.0 Å². The van der Waals surface area contributed by atoms with Crippen LogP contribution in [-0.2, 0) is 11.3 Å². The summed E-state index contributed by atoms with van der Waals surface area (Å²) in [7, 11) is 0. The molecule has 1 aliphatic heterocycles. The highest BCUT2D eigenvalue weighted by Crippen LogP contribution is 2.24. The number of benzene rings is 2. The van der Waals surface area contributed by atoms with E-state index in [0.717, 1.165) is 49.7 Å². The van der Waals surface area contributed by atoms with Gasteiger partial charge in [0.15, 0.2) is 10.9 Å². The van der Waals surface area contributed by atoms with Crippen molar-refractivity contribution in [3.05, 3.63) is 69.0 Å². The molecule has 1 N–H and O–H groups in total. The summed E-state index contributed by atoms with van der Waals surface area (Å²) in [4.78, 5) is 44.3. The van der Waals surface area contributed by atoms with Gasteiger partial charge in [0.25, 0.3) is 11.5 Å². The van der Waals surface area contributed by atoms with Crippen molar-refractivity contribution >= 4 is 34.4 Å². The van der Waals surface area contributed by atoms with E-state index in [2.05, 4.69) is 5.32 Å². The number of aromatic nitrogens is 2. The van der Waals surface area contributed by atoms with Gasteiger partial charge < -0.3 is 10.1 Å². The van der Waals surface area contributed by atoms with Gasteiger partial charge in [-0.3, -0.25) is 19.0 Å². The van der Waals surface area contributed by atoms with Crippen molar-refractivity contribution in [1.29, 1.82) is 0 Å². The number of hydrogen-bond donors (Lipinski definition) is 1. The molecule has 1 amide bonds. The largest absolute Gasteiger partial charge is 0.376 e. The molecule has 0 radical (unpaired) electrons. The Bertz CT molecular complexity index is 1390. The molecule has 2 aromatic carbocycles. The number of aryl methyl sites for hydroxylation is 2. The third-order valence-corrected chi connectivity index (χ3v) is 8.27. The number of amides is 1. The van der Waals surface area contributed by atoms with E-state index in [1.165, 1.54) is 11.8 Å². The average molecular weight is 520 g/mol. The molecule has 8 heteroatoms. The Morgan fingerprint density at radius 1 is 1.08 bits per heavy atom. The average Bonchev–Trinajstić information content (AvgIpc) is 3.59. The van der Waals surface area contributed by atoms with Crippen LogP contribution in [0.4, 0.5) is 0 Å². The van der Waals surface area contributed by atoms with Gasteiger partial charge in [-0.15, -0.1) is 0 Å². The summed E-state index contributed by atoms with van der Waals surface area (Å²) >= 11 is 1.26. The standard InChI is InChI=1S/C29H33N3O4S/c1-18-9-11-23(19(2)14-18)26(33)17-37-29-31-25-15-20(27(34)30-21-6-3-4-7-21)10-12-24(25)28(35)32(29)16-22-8-5-13-36-22/h9-12,14-15,21-22H,3-8,13,16-17H2,1-2H3,(H,30,34)/t22-/m1/s1. The van der Waals surface area contributed by atoms with Gasteiger partial charge in [0.05, 0.1) is 29.3 Å². The lowest BCUT2D eigenvalue weighted by Crippen LogP contribution is -2.32. The molecule has 7 nitrogen and oxygen atoms in total. The number of carbonyl (C=O) groups excluding carboxylic acids is 2. The van der Waals surface area contributed by atoms with E-state index in [4.69, 9.17) is 9.72 Å². The van der Waals surface area contributed by atoms with Crippen LogP contribution in [0.15, 0.2) is 46.3 Å². The van der Waals surface area contributed by atoms with Crippen LogP contribution in [0.3, 0.4) is 0 Å². The van der Waals surface area contributed by atoms with Crippen molar-refractivity contribution in [1.82, 2.24) is 14.9 Å². The molecule has 1 atom stereocenters. The second-order valence-electron chi connectivity index (χ2n) is 10.2. The molecule has 5 rings (SSSR count). The number of hydrogen-bond acceptors (Lipinski definition) is 6. The van der Waals surface area contributed by atoms with Crippen LogP contribution in [0.1, 0.15) is 70.4 Å². The third kappa shape index (κ3) is 5.80.